The first-order valence-corrected chi connectivity index (χ1v) is 5.09. The summed E-state index contributed by atoms with van der Waals surface area (Å²) in [7, 11) is 1.58. The van der Waals surface area contributed by atoms with Crippen LogP contribution in [-0.2, 0) is 0 Å². The minimum Gasteiger partial charge on any atom is -0.497 e. The van der Waals surface area contributed by atoms with Crippen molar-refractivity contribution in [1.82, 2.24) is 9.97 Å². The smallest absolute Gasteiger partial charge is 0.186 e. The fourth-order valence-corrected chi connectivity index (χ4v) is 1.38. The van der Waals surface area contributed by atoms with Crippen LogP contribution in [0.2, 0.25) is 0 Å². The Labute approximate surface area is 98.5 Å². The van der Waals surface area contributed by atoms with Gasteiger partial charge in [0.05, 0.1) is 12.8 Å². The number of halogens is 1. The van der Waals surface area contributed by atoms with Gasteiger partial charge in [-0.2, -0.15) is 0 Å². The quantitative estimate of drug-likeness (QED) is 0.885. The highest BCUT2D eigenvalue weighted by molar-refractivity contribution is 5.58. The van der Waals surface area contributed by atoms with Gasteiger partial charge in [0.25, 0.3) is 0 Å². The van der Waals surface area contributed by atoms with Crippen LogP contribution in [0.5, 0.6) is 5.75 Å². The zero-order valence-corrected chi connectivity index (χ0v) is 9.57. The summed E-state index contributed by atoms with van der Waals surface area (Å²) in [6, 6.07) is 7.19. The van der Waals surface area contributed by atoms with Crippen molar-refractivity contribution in [1.29, 1.82) is 0 Å². The molecule has 17 heavy (non-hydrogen) atoms. The van der Waals surface area contributed by atoms with E-state index in [9.17, 15) is 4.39 Å². The van der Waals surface area contributed by atoms with E-state index in [0.29, 0.717) is 17.1 Å². The van der Waals surface area contributed by atoms with Gasteiger partial charge in [0, 0.05) is 11.8 Å². The van der Waals surface area contributed by atoms with Crippen molar-refractivity contribution in [2.75, 3.05) is 12.4 Å². The van der Waals surface area contributed by atoms with Crippen LogP contribution in [0.4, 0.5) is 15.9 Å². The van der Waals surface area contributed by atoms with Crippen molar-refractivity contribution in [2.24, 2.45) is 0 Å². The van der Waals surface area contributed by atoms with Crippen molar-refractivity contribution in [3.63, 3.8) is 0 Å². The van der Waals surface area contributed by atoms with E-state index in [1.807, 2.05) is 12.1 Å². The molecule has 2 rings (SSSR count). The van der Waals surface area contributed by atoms with Gasteiger partial charge in [-0.1, -0.05) is 6.07 Å². The highest BCUT2D eigenvalue weighted by atomic mass is 19.1. The number of ether oxygens (including phenoxy) is 1. The van der Waals surface area contributed by atoms with Crippen LogP contribution in [0, 0.1) is 12.7 Å². The summed E-state index contributed by atoms with van der Waals surface area (Å²) in [6.45, 7) is 1.59. The maximum absolute atomic E-state index is 13.7. The van der Waals surface area contributed by atoms with Gasteiger partial charge in [-0.15, -0.1) is 0 Å². The molecule has 0 unspecified atom stereocenters. The summed E-state index contributed by atoms with van der Waals surface area (Å²) in [6.07, 6.45) is 1.32. The van der Waals surface area contributed by atoms with Crippen molar-refractivity contribution < 1.29 is 9.13 Å². The molecule has 0 radical (unpaired) electrons. The third kappa shape index (κ3) is 2.50. The Hall–Kier alpha value is -2.17. The van der Waals surface area contributed by atoms with Gasteiger partial charge in [0.15, 0.2) is 11.6 Å². The predicted molar refractivity (Wildman–Crippen MR) is 63.0 cm³/mol. The molecule has 0 aliphatic rings. The van der Waals surface area contributed by atoms with E-state index in [1.54, 1.807) is 26.2 Å². The number of methoxy groups -OCH3 is 1. The van der Waals surface area contributed by atoms with Crippen molar-refractivity contribution >= 4 is 11.5 Å². The average molecular weight is 233 g/mol. The number of anilines is 2. The lowest BCUT2D eigenvalue weighted by molar-refractivity contribution is 0.415. The Kier molecular flexibility index (Phi) is 3.18. The summed E-state index contributed by atoms with van der Waals surface area (Å²) in [5, 5.41) is 2.88. The molecule has 1 aromatic carbocycles. The topological polar surface area (TPSA) is 47.0 Å². The van der Waals surface area contributed by atoms with Gasteiger partial charge < -0.3 is 10.1 Å². The zero-order valence-electron chi connectivity index (χ0n) is 9.57. The van der Waals surface area contributed by atoms with Crippen LogP contribution >= 0.6 is 0 Å². The molecule has 0 aliphatic heterocycles. The average Bonchev–Trinajstić information content (AvgIpc) is 2.35. The molecule has 0 atom stereocenters. The number of hydrogen-bond acceptors (Lipinski definition) is 4. The first kappa shape index (κ1) is 11.3. The molecule has 0 amide bonds. The first-order valence-electron chi connectivity index (χ1n) is 5.09. The number of nitrogens with one attached hydrogen (secondary N) is 1. The summed E-state index contributed by atoms with van der Waals surface area (Å²) in [5.74, 6) is 0.405. The minimum absolute atomic E-state index is 0.158. The van der Waals surface area contributed by atoms with E-state index in [4.69, 9.17) is 4.74 Å². The van der Waals surface area contributed by atoms with E-state index < -0.39 is 5.82 Å². The van der Waals surface area contributed by atoms with E-state index in [1.165, 1.54) is 6.33 Å². The van der Waals surface area contributed by atoms with Gasteiger partial charge in [0.2, 0.25) is 0 Å². The van der Waals surface area contributed by atoms with Gasteiger partial charge in [0.1, 0.15) is 12.1 Å². The first-order chi connectivity index (χ1) is 8.20. The minimum atomic E-state index is -0.449. The number of rotatable bonds is 3. The molecule has 1 aromatic heterocycles. The molecule has 1 N–H and O–H groups in total. The number of benzene rings is 1. The van der Waals surface area contributed by atoms with Gasteiger partial charge >= 0.3 is 0 Å². The molecule has 88 valence electrons. The van der Waals surface area contributed by atoms with Gasteiger partial charge in [-0.05, 0) is 19.1 Å². The van der Waals surface area contributed by atoms with Crippen LogP contribution in [0.3, 0.4) is 0 Å². The molecule has 0 spiro atoms. The van der Waals surface area contributed by atoms with Gasteiger partial charge in [-0.25, -0.2) is 14.4 Å². The molecule has 0 fully saturated rings. The molecule has 1 heterocycles. The van der Waals surface area contributed by atoms with E-state index in [0.717, 1.165) is 0 Å². The van der Waals surface area contributed by atoms with E-state index >= 15 is 0 Å². The van der Waals surface area contributed by atoms with Crippen LogP contribution < -0.4 is 10.1 Å². The molecule has 0 saturated heterocycles. The normalized spacial score (nSPS) is 10.1. The third-order valence-electron chi connectivity index (χ3n) is 2.30. The second kappa shape index (κ2) is 4.78. The van der Waals surface area contributed by atoms with E-state index in [-0.39, 0.29) is 5.82 Å². The van der Waals surface area contributed by atoms with Crippen LogP contribution in [0.25, 0.3) is 0 Å². The summed E-state index contributed by atoms with van der Waals surface area (Å²) in [4.78, 5) is 7.62. The monoisotopic (exact) mass is 233 g/mol. The molecule has 2 aromatic rings. The Balaban J connectivity index is 2.28. The number of nitrogens with zero attached hydrogens (tertiary/aromatic N) is 2. The predicted octanol–water partition coefficient (Wildman–Crippen LogP) is 2.68. The molecule has 0 saturated carbocycles. The number of hydrogen-bond donors (Lipinski definition) is 1. The van der Waals surface area contributed by atoms with E-state index in [2.05, 4.69) is 15.3 Å². The highest BCUT2D eigenvalue weighted by Crippen LogP contribution is 2.22. The van der Waals surface area contributed by atoms with Crippen LogP contribution in [0.1, 0.15) is 5.69 Å². The lowest BCUT2D eigenvalue weighted by atomic mass is 10.3. The van der Waals surface area contributed by atoms with Crippen molar-refractivity contribution in [2.45, 2.75) is 6.92 Å². The Morgan fingerprint density at radius 1 is 1.29 bits per heavy atom. The molecule has 0 aliphatic carbocycles. The highest BCUT2D eigenvalue weighted by Gasteiger charge is 2.07. The Morgan fingerprint density at radius 2 is 2.12 bits per heavy atom. The van der Waals surface area contributed by atoms with Crippen LogP contribution in [0.15, 0.2) is 30.6 Å². The second-order valence-corrected chi connectivity index (χ2v) is 3.48. The Morgan fingerprint density at radius 3 is 2.88 bits per heavy atom. The summed E-state index contributed by atoms with van der Waals surface area (Å²) >= 11 is 0. The fourth-order valence-electron chi connectivity index (χ4n) is 1.38. The third-order valence-corrected chi connectivity index (χ3v) is 2.30. The number of aryl methyl sites for hydroxylation is 1. The maximum atomic E-state index is 13.7. The molecule has 0 bridgehead atoms. The molecular formula is C12H12FN3O. The number of aromatic nitrogens is 2. The second-order valence-electron chi connectivity index (χ2n) is 3.48. The van der Waals surface area contributed by atoms with Crippen molar-refractivity contribution in [3.05, 3.63) is 42.1 Å². The SMILES string of the molecule is COc1cccc(Nc2ncnc(C)c2F)c1. The van der Waals surface area contributed by atoms with Crippen LogP contribution in [-0.4, -0.2) is 17.1 Å². The largest absolute Gasteiger partial charge is 0.497 e. The van der Waals surface area contributed by atoms with Crippen molar-refractivity contribution in [3.8, 4) is 5.75 Å². The molecular weight excluding hydrogens is 221 g/mol. The maximum Gasteiger partial charge on any atom is 0.186 e. The fraction of sp³-hybridized carbons (Fsp3) is 0.167. The molecule has 5 heteroatoms. The zero-order chi connectivity index (χ0) is 12.3. The Bertz CT molecular complexity index is 531. The summed E-state index contributed by atoms with van der Waals surface area (Å²) in [5.41, 5.74) is 1.02. The summed E-state index contributed by atoms with van der Waals surface area (Å²) < 4.78 is 18.7. The van der Waals surface area contributed by atoms with Gasteiger partial charge in [-0.3, -0.25) is 0 Å². The lowest BCUT2D eigenvalue weighted by Gasteiger charge is -2.08. The standard InChI is InChI=1S/C12H12FN3O/c1-8-11(13)12(15-7-14-8)16-9-4-3-5-10(6-9)17-2/h3-7H,1-2H3,(H,14,15,16). The molecule has 4 nitrogen and oxygen atoms in total. The lowest BCUT2D eigenvalue weighted by Crippen LogP contribution is -2.00.